The Kier molecular flexibility index (Phi) is 5.92. The van der Waals surface area contributed by atoms with Crippen molar-refractivity contribution in [2.24, 2.45) is 0 Å². The van der Waals surface area contributed by atoms with Gasteiger partial charge >= 0.3 is 0 Å². The number of hydrogen-bond acceptors (Lipinski definition) is 5. The third kappa shape index (κ3) is 5.24. The van der Waals surface area contributed by atoms with Crippen LogP contribution in [0.15, 0.2) is 76.7 Å². The van der Waals surface area contributed by atoms with Gasteiger partial charge in [-0.05, 0) is 23.8 Å². The SMILES string of the molecule is O=C(/C=C/c1cn(Cc2ccccc2)nn1)Nc1nc(-c2ccc(Br)cc2)cs1. The molecule has 0 saturated carbocycles. The molecule has 0 unspecified atom stereocenters. The van der Waals surface area contributed by atoms with Crippen LogP contribution in [0.5, 0.6) is 0 Å². The van der Waals surface area contributed by atoms with E-state index in [9.17, 15) is 4.79 Å². The monoisotopic (exact) mass is 465 g/mol. The molecule has 29 heavy (non-hydrogen) atoms. The number of amides is 1. The summed E-state index contributed by atoms with van der Waals surface area (Å²) in [6.07, 6.45) is 4.86. The van der Waals surface area contributed by atoms with Crippen molar-refractivity contribution in [1.29, 1.82) is 0 Å². The number of hydrogen-bond donors (Lipinski definition) is 1. The molecule has 1 amide bonds. The van der Waals surface area contributed by atoms with Crippen molar-refractivity contribution in [3.8, 4) is 11.3 Å². The highest BCUT2D eigenvalue weighted by Crippen LogP contribution is 2.26. The maximum absolute atomic E-state index is 12.2. The zero-order valence-corrected chi connectivity index (χ0v) is 17.6. The summed E-state index contributed by atoms with van der Waals surface area (Å²) >= 11 is 4.80. The van der Waals surface area contributed by atoms with Crippen LogP contribution >= 0.6 is 27.3 Å². The van der Waals surface area contributed by atoms with Gasteiger partial charge in [0.15, 0.2) is 5.13 Å². The summed E-state index contributed by atoms with van der Waals surface area (Å²) < 4.78 is 2.74. The molecule has 144 valence electrons. The summed E-state index contributed by atoms with van der Waals surface area (Å²) in [5.74, 6) is -0.265. The van der Waals surface area contributed by atoms with Crippen LogP contribution in [0.1, 0.15) is 11.3 Å². The number of anilines is 1. The molecule has 4 aromatic rings. The largest absolute Gasteiger partial charge is 0.298 e. The second-order valence-corrected chi connectivity index (χ2v) is 7.97. The van der Waals surface area contributed by atoms with Gasteiger partial charge in [0.2, 0.25) is 5.91 Å². The smallest absolute Gasteiger partial charge is 0.250 e. The molecule has 0 radical (unpaired) electrons. The van der Waals surface area contributed by atoms with E-state index in [1.807, 2.05) is 60.0 Å². The number of halogens is 1. The lowest BCUT2D eigenvalue weighted by atomic mass is 10.2. The van der Waals surface area contributed by atoms with Crippen molar-refractivity contribution in [3.63, 3.8) is 0 Å². The Morgan fingerprint density at radius 1 is 1.14 bits per heavy atom. The molecule has 2 heterocycles. The molecule has 2 aromatic carbocycles. The van der Waals surface area contributed by atoms with Crippen LogP contribution in [0.25, 0.3) is 17.3 Å². The molecule has 4 rings (SSSR count). The van der Waals surface area contributed by atoms with E-state index < -0.39 is 0 Å². The van der Waals surface area contributed by atoms with Gasteiger partial charge < -0.3 is 0 Å². The molecule has 6 nitrogen and oxygen atoms in total. The lowest BCUT2D eigenvalue weighted by molar-refractivity contribution is -0.111. The molecule has 2 aromatic heterocycles. The average molecular weight is 466 g/mol. The Hall–Kier alpha value is -3.10. The van der Waals surface area contributed by atoms with E-state index in [1.165, 1.54) is 17.4 Å². The fraction of sp³-hybridized carbons (Fsp3) is 0.0476. The lowest BCUT2D eigenvalue weighted by Gasteiger charge is -1.99. The summed E-state index contributed by atoms with van der Waals surface area (Å²) in [7, 11) is 0. The minimum Gasteiger partial charge on any atom is -0.298 e. The molecule has 0 aliphatic rings. The van der Waals surface area contributed by atoms with Crippen molar-refractivity contribution in [1.82, 2.24) is 20.0 Å². The predicted molar refractivity (Wildman–Crippen MR) is 118 cm³/mol. The van der Waals surface area contributed by atoms with Gasteiger partial charge in [0, 0.05) is 21.5 Å². The molecule has 0 bridgehead atoms. The molecular formula is C21H16BrN5OS. The molecule has 0 fully saturated rings. The van der Waals surface area contributed by atoms with Crippen molar-refractivity contribution < 1.29 is 4.79 Å². The third-order valence-electron chi connectivity index (χ3n) is 4.02. The topological polar surface area (TPSA) is 72.7 Å². The van der Waals surface area contributed by atoms with Crippen LogP contribution < -0.4 is 5.32 Å². The minimum absolute atomic E-state index is 0.265. The molecule has 0 aliphatic heterocycles. The predicted octanol–water partition coefficient (Wildman–Crippen LogP) is 4.86. The molecular weight excluding hydrogens is 450 g/mol. The van der Waals surface area contributed by atoms with Crippen LogP contribution in [0.4, 0.5) is 5.13 Å². The zero-order chi connectivity index (χ0) is 20.1. The summed E-state index contributed by atoms with van der Waals surface area (Å²) in [5, 5.41) is 13.4. The molecule has 0 atom stereocenters. The van der Waals surface area contributed by atoms with Crippen LogP contribution in [-0.2, 0) is 11.3 Å². The summed E-state index contributed by atoms with van der Waals surface area (Å²) in [6.45, 7) is 0.631. The Morgan fingerprint density at radius 2 is 1.93 bits per heavy atom. The maximum atomic E-state index is 12.2. The van der Waals surface area contributed by atoms with Crippen LogP contribution in [0, 0.1) is 0 Å². The van der Waals surface area contributed by atoms with Gasteiger partial charge in [0.25, 0.3) is 0 Å². The normalized spacial score (nSPS) is 11.1. The first-order chi connectivity index (χ1) is 14.2. The molecule has 0 saturated heterocycles. The highest BCUT2D eigenvalue weighted by atomic mass is 79.9. The molecule has 8 heteroatoms. The van der Waals surface area contributed by atoms with Gasteiger partial charge in [0.1, 0.15) is 5.69 Å². The maximum Gasteiger partial charge on any atom is 0.250 e. The number of rotatable bonds is 6. The Bertz CT molecular complexity index is 1140. The van der Waals surface area contributed by atoms with Gasteiger partial charge in [-0.2, -0.15) is 0 Å². The van der Waals surface area contributed by atoms with E-state index >= 15 is 0 Å². The average Bonchev–Trinajstić information content (AvgIpc) is 3.37. The molecule has 0 spiro atoms. The lowest BCUT2D eigenvalue weighted by Crippen LogP contribution is -2.07. The van der Waals surface area contributed by atoms with E-state index in [4.69, 9.17) is 0 Å². The highest BCUT2D eigenvalue weighted by molar-refractivity contribution is 9.10. The Labute approximate surface area is 180 Å². The molecule has 0 aliphatic carbocycles. The van der Waals surface area contributed by atoms with Gasteiger partial charge in [-0.15, -0.1) is 16.4 Å². The van der Waals surface area contributed by atoms with Gasteiger partial charge in [-0.1, -0.05) is 63.6 Å². The first kappa shape index (κ1) is 19.2. The first-order valence-corrected chi connectivity index (χ1v) is 10.5. The Morgan fingerprint density at radius 3 is 2.72 bits per heavy atom. The standard InChI is InChI=1S/C21H16BrN5OS/c22-17-8-6-16(7-9-17)19-14-29-21(23-19)24-20(28)11-10-18-13-27(26-25-18)12-15-4-2-1-3-5-15/h1-11,13-14H,12H2,(H,23,24,28)/b11-10+. The van der Waals surface area contributed by atoms with Crippen molar-refractivity contribution in [2.75, 3.05) is 5.32 Å². The summed E-state index contributed by atoms with van der Waals surface area (Å²) in [5.41, 5.74) is 3.57. The number of nitrogens with zero attached hydrogens (tertiary/aromatic N) is 4. The fourth-order valence-corrected chi connectivity index (χ4v) is 3.62. The van der Waals surface area contributed by atoms with E-state index in [1.54, 1.807) is 17.0 Å². The van der Waals surface area contributed by atoms with E-state index in [-0.39, 0.29) is 5.91 Å². The van der Waals surface area contributed by atoms with Gasteiger partial charge in [-0.3, -0.25) is 10.1 Å². The van der Waals surface area contributed by atoms with E-state index in [0.717, 1.165) is 21.3 Å². The number of aromatic nitrogens is 4. The van der Waals surface area contributed by atoms with E-state index in [2.05, 4.69) is 36.5 Å². The number of benzene rings is 2. The zero-order valence-electron chi connectivity index (χ0n) is 15.2. The van der Waals surface area contributed by atoms with Crippen LogP contribution in [0.2, 0.25) is 0 Å². The van der Waals surface area contributed by atoms with E-state index in [0.29, 0.717) is 17.4 Å². The third-order valence-corrected chi connectivity index (χ3v) is 5.31. The van der Waals surface area contributed by atoms with Gasteiger partial charge in [-0.25, -0.2) is 9.67 Å². The molecule has 1 N–H and O–H groups in total. The highest BCUT2D eigenvalue weighted by Gasteiger charge is 2.07. The van der Waals surface area contributed by atoms with Crippen molar-refractivity contribution in [2.45, 2.75) is 6.54 Å². The second-order valence-electron chi connectivity index (χ2n) is 6.19. The van der Waals surface area contributed by atoms with Crippen LogP contribution in [0.3, 0.4) is 0 Å². The number of thiazole rings is 1. The number of carbonyl (C=O) groups is 1. The summed E-state index contributed by atoms with van der Waals surface area (Å²) in [6, 6.07) is 17.9. The van der Waals surface area contributed by atoms with Crippen LogP contribution in [-0.4, -0.2) is 25.9 Å². The number of nitrogens with one attached hydrogen (secondary N) is 1. The quantitative estimate of drug-likeness (QED) is 0.412. The van der Waals surface area contributed by atoms with Gasteiger partial charge in [0.05, 0.1) is 18.4 Å². The summed E-state index contributed by atoms with van der Waals surface area (Å²) in [4.78, 5) is 16.6. The van der Waals surface area contributed by atoms with Crippen molar-refractivity contribution in [3.05, 3.63) is 88.0 Å². The van der Waals surface area contributed by atoms with Crippen molar-refractivity contribution >= 4 is 44.4 Å². The fourth-order valence-electron chi connectivity index (χ4n) is 2.63. The first-order valence-electron chi connectivity index (χ1n) is 8.80. The minimum atomic E-state index is -0.265. The Balaban J connectivity index is 1.35. The second kappa shape index (κ2) is 8.93. The number of carbonyl (C=O) groups excluding carboxylic acids is 1.